The molecule has 1 aromatic carbocycles. The van der Waals surface area contributed by atoms with Gasteiger partial charge in [0.15, 0.2) is 0 Å². The molecule has 0 aliphatic heterocycles. The average Bonchev–Trinajstić information content (AvgIpc) is 2.81. The summed E-state index contributed by atoms with van der Waals surface area (Å²) in [6.45, 7) is 2.30. The van der Waals surface area contributed by atoms with Gasteiger partial charge in [0.1, 0.15) is 11.6 Å². The minimum atomic E-state index is -0.962. The van der Waals surface area contributed by atoms with Crippen molar-refractivity contribution in [1.29, 1.82) is 0 Å². The summed E-state index contributed by atoms with van der Waals surface area (Å²) >= 11 is 1.48. The van der Waals surface area contributed by atoms with Crippen LogP contribution >= 0.6 is 11.8 Å². The van der Waals surface area contributed by atoms with Crippen LogP contribution in [-0.2, 0) is 0 Å². The van der Waals surface area contributed by atoms with Crippen molar-refractivity contribution in [2.24, 2.45) is 0 Å². The molecular weight excluding hydrogens is 266 g/mol. The number of carboxylic acid groups (broad SMARTS) is 1. The van der Waals surface area contributed by atoms with Crippen LogP contribution < -0.4 is 4.74 Å². The highest BCUT2D eigenvalue weighted by molar-refractivity contribution is 7.99. The van der Waals surface area contributed by atoms with Gasteiger partial charge in [-0.15, -0.1) is 5.10 Å². The van der Waals surface area contributed by atoms with Gasteiger partial charge in [-0.25, -0.2) is 9.78 Å². The molecule has 2 rings (SSSR count). The van der Waals surface area contributed by atoms with E-state index in [9.17, 15) is 4.79 Å². The van der Waals surface area contributed by atoms with E-state index in [0.29, 0.717) is 23.3 Å². The van der Waals surface area contributed by atoms with E-state index < -0.39 is 5.97 Å². The summed E-state index contributed by atoms with van der Waals surface area (Å²) in [6.07, 6.45) is 0. The van der Waals surface area contributed by atoms with Crippen molar-refractivity contribution in [2.45, 2.75) is 12.1 Å². The number of thioether (sulfide) groups is 1. The number of rotatable bonds is 6. The molecule has 0 radical (unpaired) electrons. The van der Waals surface area contributed by atoms with E-state index in [1.165, 1.54) is 23.9 Å². The number of H-pyrrole nitrogens is 1. The monoisotopic (exact) mass is 279 g/mol. The third-order valence-electron chi connectivity index (χ3n) is 2.24. The van der Waals surface area contributed by atoms with Gasteiger partial charge in [-0.2, -0.15) is 0 Å². The molecule has 7 heteroatoms. The van der Waals surface area contributed by atoms with Gasteiger partial charge in [-0.05, 0) is 25.1 Å². The van der Waals surface area contributed by atoms with Crippen LogP contribution in [0, 0.1) is 6.92 Å². The summed E-state index contributed by atoms with van der Waals surface area (Å²) in [7, 11) is 0. The zero-order chi connectivity index (χ0) is 13.7. The van der Waals surface area contributed by atoms with E-state index in [4.69, 9.17) is 9.84 Å². The standard InChI is InChI=1S/C12H13N3O3S/c1-8-13-12(15-14-8)19-6-5-18-10-4-2-3-9(7-10)11(16)17/h2-4,7H,5-6H2,1H3,(H,16,17)(H,13,14,15). The smallest absolute Gasteiger partial charge is 0.335 e. The fourth-order valence-electron chi connectivity index (χ4n) is 1.40. The van der Waals surface area contributed by atoms with E-state index in [-0.39, 0.29) is 5.56 Å². The minimum absolute atomic E-state index is 0.217. The summed E-state index contributed by atoms with van der Waals surface area (Å²) in [5, 5.41) is 16.3. The van der Waals surface area contributed by atoms with Crippen LogP contribution in [0.5, 0.6) is 5.75 Å². The molecule has 0 unspecified atom stereocenters. The van der Waals surface area contributed by atoms with Gasteiger partial charge in [0.05, 0.1) is 12.2 Å². The van der Waals surface area contributed by atoms with E-state index in [1.54, 1.807) is 12.1 Å². The Bertz CT molecular complexity index is 571. The van der Waals surface area contributed by atoms with Gasteiger partial charge in [0, 0.05) is 5.75 Å². The summed E-state index contributed by atoms with van der Waals surface area (Å²) < 4.78 is 5.48. The van der Waals surface area contributed by atoms with Gasteiger partial charge in [-0.3, -0.25) is 5.10 Å². The Hall–Kier alpha value is -2.02. The minimum Gasteiger partial charge on any atom is -0.493 e. The molecule has 2 N–H and O–H groups in total. The quantitative estimate of drug-likeness (QED) is 0.621. The third-order valence-corrected chi connectivity index (χ3v) is 3.05. The zero-order valence-electron chi connectivity index (χ0n) is 10.3. The van der Waals surface area contributed by atoms with E-state index in [0.717, 1.165) is 5.82 Å². The van der Waals surface area contributed by atoms with E-state index in [2.05, 4.69) is 15.2 Å². The average molecular weight is 279 g/mol. The molecule has 0 bridgehead atoms. The number of carbonyl (C=O) groups is 1. The molecule has 0 saturated heterocycles. The number of aromatic nitrogens is 3. The number of aromatic carboxylic acids is 1. The van der Waals surface area contributed by atoms with Crippen molar-refractivity contribution < 1.29 is 14.6 Å². The highest BCUT2D eigenvalue weighted by Gasteiger charge is 2.04. The number of nitrogens with zero attached hydrogens (tertiary/aromatic N) is 2. The summed E-state index contributed by atoms with van der Waals surface area (Å²) in [6, 6.07) is 6.42. The largest absolute Gasteiger partial charge is 0.493 e. The molecule has 0 amide bonds. The molecular formula is C12H13N3O3S. The summed E-state index contributed by atoms with van der Waals surface area (Å²) in [4.78, 5) is 14.9. The maximum Gasteiger partial charge on any atom is 0.335 e. The van der Waals surface area contributed by atoms with Crippen LogP contribution in [0.1, 0.15) is 16.2 Å². The molecule has 0 aliphatic carbocycles. The van der Waals surface area contributed by atoms with Crippen molar-refractivity contribution >= 4 is 17.7 Å². The lowest BCUT2D eigenvalue weighted by Crippen LogP contribution is -2.02. The van der Waals surface area contributed by atoms with Crippen molar-refractivity contribution in [3.05, 3.63) is 35.7 Å². The van der Waals surface area contributed by atoms with Gasteiger partial charge >= 0.3 is 5.97 Å². The molecule has 2 aromatic rings. The van der Waals surface area contributed by atoms with Crippen LogP contribution in [0.3, 0.4) is 0 Å². The number of hydrogen-bond donors (Lipinski definition) is 2. The highest BCUT2D eigenvalue weighted by atomic mass is 32.2. The molecule has 0 saturated carbocycles. The maximum absolute atomic E-state index is 10.8. The van der Waals surface area contributed by atoms with Gasteiger partial charge < -0.3 is 9.84 Å². The number of nitrogens with one attached hydrogen (secondary N) is 1. The summed E-state index contributed by atoms with van der Waals surface area (Å²) in [5.74, 6) is 1.05. The molecule has 0 spiro atoms. The second kappa shape index (κ2) is 6.24. The molecule has 0 atom stereocenters. The van der Waals surface area contributed by atoms with Gasteiger partial charge in [0.2, 0.25) is 5.16 Å². The number of aromatic amines is 1. The number of carboxylic acids is 1. The Morgan fingerprint density at radius 1 is 1.53 bits per heavy atom. The first-order valence-electron chi connectivity index (χ1n) is 5.63. The molecule has 100 valence electrons. The van der Waals surface area contributed by atoms with Crippen molar-refractivity contribution in [1.82, 2.24) is 15.2 Å². The molecule has 1 aromatic heterocycles. The third kappa shape index (κ3) is 3.99. The Morgan fingerprint density at radius 3 is 3.05 bits per heavy atom. The van der Waals surface area contributed by atoms with E-state index in [1.807, 2.05) is 6.92 Å². The van der Waals surface area contributed by atoms with Crippen LogP contribution in [-0.4, -0.2) is 38.6 Å². The fraction of sp³-hybridized carbons (Fsp3) is 0.250. The molecule has 6 nitrogen and oxygen atoms in total. The van der Waals surface area contributed by atoms with Crippen molar-refractivity contribution in [3.8, 4) is 5.75 Å². The molecule has 0 fully saturated rings. The Labute approximate surface area is 114 Å². The normalized spacial score (nSPS) is 10.4. The first-order valence-corrected chi connectivity index (χ1v) is 6.61. The lowest BCUT2D eigenvalue weighted by atomic mass is 10.2. The predicted molar refractivity (Wildman–Crippen MR) is 70.7 cm³/mol. The number of hydrogen-bond acceptors (Lipinski definition) is 5. The van der Waals surface area contributed by atoms with Gasteiger partial charge in [-0.1, -0.05) is 17.8 Å². The Morgan fingerprint density at radius 2 is 2.37 bits per heavy atom. The number of benzene rings is 1. The molecule has 0 aliphatic rings. The molecule has 19 heavy (non-hydrogen) atoms. The zero-order valence-corrected chi connectivity index (χ0v) is 11.1. The lowest BCUT2D eigenvalue weighted by molar-refractivity contribution is 0.0696. The predicted octanol–water partition coefficient (Wildman–Crippen LogP) is 1.98. The van der Waals surface area contributed by atoms with Crippen molar-refractivity contribution in [2.75, 3.05) is 12.4 Å². The molecule has 1 heterocycles. The van der Waals surface area contributed by atoms with Gasteiger partial charge in [0.25, 0.3) is 0 Å². The second-order valence-corrected chi connectivity index (χ2v) is 4.80. The lowest BCUT2D eigenvalue weighted by Gasteiger charge is -2.05. The van der Waals surface area contributed by atoms with Crippen LogP contribution in [0.2, 0.25) is 0 Å². The van der Waals surface area contributed by atoms with Crippen LogP contribution in [0.4, 0.5) is 0 Å². The SMILES string of the molecule is Cc1nc(SCCOc2cccc(C(=O)O)c2)n[nH]1. The second-order valence-electron chi connectivity index (χ2n) is 3.73. The van der Waals surface area contributed by atoms with Crippen LogP contribution in [0.15, 0.2) is 29.4 Å². The number of ether oxygens (including phenoxy) is 1. The Balaban J connectivity index is 1.79. The Kier molecular flexibility index (Phi) is 4.40. The maximum atomic E-state index is 10.8. The number of aryl methyl sites for hydroxylation is 1. The summed E-state index contributed by atoms with van der Waals surface area (Å²) in [5.41, 5.74) is 0.217. The van der Waals surface area contributed by atoms with Crippen molar-refractivity contribution in [3.63, 3.8) is 0 Å². The topological polar surface area (TPSA) is 88.1 Å². The highest BCUT2D eigenvalue weighted by Crippen LogP contribution is 2.15. The first-order chi connectivity index (χ1) is 9.15. The van der Waals surface area contributed by atoms with E-state index >= 15 is 0 Å². The fourth-order valence-corrected chi connectivity index (χ4v) is 2.06. The van der Waals surface area contributed by atoms with Crippen LogP contribution in [0.25, 0.3) is 0 Å². The first kappa shape index (κ1) is 13.4.